The SMILES string of the molecule is CCOC(=O)C1CCCCN1C(=O)C(C)N1CCNCC1. The maximum absolute atomic E-state index is 12.8. The number of hydrogen-bond acceptors (Lipinski definition) is 5. The van der Waals surface area contributed by atoms with Gasteiger partial charge in [-0.05, 0) is 33.1 Å². The number of piperidine rings is 1. The first-order chi connectivity index (χ1) is 10.1. The van der Waals surface area contributed by atoms with Gasteiger partial charge in [-0.25, -0.2) is 4.79 Å². The third-order valence-electron chi connectivity index (χ3n) is 4.40. The van der Waals surface area contributed by atoms with Crippen molar-refractivity contribution >= 4 is 11.9 Å². The molecule has 2 aliphatic rings. The second-order valence-corrected chi connectivity index (χ2v) is 5.76. The fraction of sp³-hybridized carbons (Fsp3) is 0.867. The highest BCUT2D eigenvalue weighted by atomic mass is 16.5. The predicted molar refractivity (Wildman–Crippen MR) is 79.9 cm³/mol. The van der Waals surface area contributed by atoms with Crippen molar-refractivity contribution in [2.24, 2.45) is 0 Å². The third kappa shape index (κ3) is 3.95. The van der Waals surface area contributed by atoms with Crippen LogP contribution < -0.4 is 5.32 Å². The van der Waals surface area contributed by atoms with Crippen LogP contribution in [0.3, 0.4) is 0 Å². The van der Waals surface area contributed by atoms with Crippen LogP contribution in [0.5, 0.6) is 0 Å². The number of likely N-dealkylation sites (tertiary alicyclic amines) is 1. The van der Waals surface area contributed by atoms with E-state index in [1.165, 1.54) is 0 Å². The summed E-state index contributed by atoms with van der Waals surface area (Å²) in [6, 6.07) is -0.557. The Bertz CT molecular complexity index is 369. The monoisotopic (exact) mass is 297 g/mol. The largest absolute Gasteiger partial charge is 0.464 e. The van der Waals surface area contributed by atoms with Crippen molar-refractivity contribution in [3.63, 3.8) is 0 Å². The highest BCUT2D eigenvalue weighted by molar-refractivity contribution is 5.87. The second-order valence-electron chi connectivity index (χ2n) is 5.76. The van der Waals surface area contributed by atoms with E-state index >= 15 is 0 Å². The van der Waals surface area contributed by atoms with E-state index in [0.29, 0.717) is 13.2 Å². The Morgan fingerprint density at radius 1 is 1.24 bits per heavy atom. The van der Waals surface area contributed by atoms with Crippen molar-refractivity contribution in [1.29, 1.82) is 0 Å². The Labute approximate surface area is 126 Å². The molecule has 2 rings (SSSR count). The van der Waals surface area contributed by atoms with Crippen LogP contribution in [-0.2, 0) is 14.3 Å². The van der Waals surface area contributed by atoms with Gasteiger partial charge in [0.15, 0.2) is 0 Å². The van der Waals surface area contributed by atoms with Gasteiger partial charge in [-0.2, -0.15) is 0 Å². The summed E-state index contributed by atoms with van der Waals surface area (Å²) < 4.78 is 5.13. The van der Waals surface area contributed by atoms with Gasteiger partial charge in [0, 0.05) is 32.7 Å². The van der Waals surface area contributed by atoms with Crippen molar-refractivity contribution in [3.05, 3.63) is 0 Å². The van der Waals surface area contributed by atoms with Crippen LogP contribution in [0.15, 0.2) is 0 Å². The minimum atomic E-state index is -0.392. The summed E-state index contributed by atoms with van der Waals surface area (Å²) in [6.45, 7) is 8.37. The molecule has 1 amide bonds. The Kier molecular flexibility index (Phi) is 5.99. The highest BCUT2D eigenvalue weighted by Crippen LogP contribution is 2.20. The molecule has 1 N–H and O–H groups in total. The highest BCUT2D eigenvalue weighted by Gasteiger charge is 2.36. The molecule has 2 fully saturated rings. The quantitative estimate of drug-likeness (QED) is 0.753. The molecule has 0 spiro atoms. The standard InChI is InChI=1S/C15H27N3O3/c1-3-21-15(20)13-6-4-5-9-18(13)14(19)12(2)17-10-7-16-8-11-17/h12-13,16H,3-11H2,1-2H3. The van der Waals surface area contributed by atoms with E-state index < -0.39 is 6.04 Å². The van der Waals surface area contributed by atoms with Crippen LogP contribution in [-0.4, -0.2) is 73.1 Å². The zero-order chi connectivity index (χ0) is 15.2. The fourth-order valence-electron chi connectivity index (χ4n) is 3.14. The number of ether oxygens (including phenoxy) is 1. The smallest absolute Gasteiger partial charge is 0.328 e. The zero-order valence-electron chi connectivity index (χ0n) is 13.1. The lowest BCUT2D eigenvalue weighted by atomic mass is 10.0. The number of carbonyl (C=O) groups excluding carboxylic acids is 2. The van der Waals surface area contributed by atoms with Gasteiger partial charge in [0.2, 0.25) is 5.91 Å². The summed E-state index contributed by atoms with van der Waals surface area (Å²) in [4.78, 5) is 28.8. The van der Waals surface area contributed by atoms with Crippen LogP contribution in [0, 0.1) is 0 Å². The van der Waals surface area contributed by atoms with Crippen LogP contribution >= 0.6 is 0 Å². The van der Waals surface area contributed by atoms with Gasteiger partial charge in [0.1, 0.15) is 6.04 Å². The number of amides is 1. The fourth-order valence-corrected chi connectivity index (χ4v) is 3.14. The lowest BCUT2D eigenvalue weighted by Crippen LogP contribution is -2.57. The van der Waals surface area contributed by atoms with E-state index in [-0.39, 0.29) is 17.9 Å². The molecule has 0 aromatic carbocycles. The molecule has 6 heteroatoms. The molecule has 6 nitrogen and oxygen atoms in total. The maximum atomic E-state index is 12.8. The van der Waals surface area contributed by atoms with Gasteiger partial charge in [-0.1, -0.05) is 0 Å². The van der Waals surface area contributed by atoms with Crippen molar-refractivity contribution in [1.82, 2.24) is 15.1 Å². The minimum absolute atomic E-state index is 0.0645. The summed E-state index contributed by atoms with van der Waals surface area (Å²) in [6.07, 6.45) is 2.67. The lowest BCUT2D eigenvalue weighted by Gasteiger charge is -2.39. The number of hydrogen-bond donors (Lipinski definition) is 1. The van der Waals surface area contributed by atoms with Crippen molar-refractivity contribution < 1.29 is 14.3 Å². The second kappa shape index (κ2) is 7.75. The summed E-state index contributed by atoms with van der Waals surface area (Å²) in [5, 5.41) is 3.29. The summed E-state index contributed by atoms with van der Waals surface area (Å²) >= 11 is 0. The predicted octanol–water partition coefficient (Wildman–Crippen LogP) is 0.224. The topological polar surface area (TPSA) is 61.9 Å². The molecule has 2 atom stereocenters. The Hall–Kier alpha value is -1.14. The average Bonchev–Trinajstić information content (AvgIpc) is 2.54. The number of nitrogens with one attached hydrogen (secondary N) is 1. The molecule has 2 heterocycles. The molecule has 21 heavy (non-hydrogen) atoms. The van der Waals surface area contributed by atoms with E-state index in [1.54, 1.807) is 11.8 Å². The summed E-state index contributed by atoms with van der Waals surface area (Å²) in [5.74, 6) is -0.187. The first-order valence-corrected chi connectivity index (χ1v) is 8.07. The average molecular weight is 297 g/mol. The van der Waals surface area contributed by atoms with E-state index in [9.17, 15) is 9.59 Å². The maximum Gasteiger partial charge on any atom is 0.328 e. The van der Waals surface area contributed by atoms with Crippen molar-refractivity contribution in [3.8, 4) is 0 Å². The molecule has 0 saturated carbocycles. The van der Waals surface area contributed by atoms with Gasteiger partial charge >= 0.3 is 5.97 Å². The summed E-state index contributed by atoms with van der Waals surface area (Å²) in [7, 11) is 0. The van der Waals surface area contributed by atoms with Gasteiger partial charge in [-0.3, -0.25) is 9.69 Å². The van der Waals surface area contributed by atoms with Gasteiger partial charge in [-0.15, -0.1) is 0 Å². The molecular formula is C15H27N3O3. The minimum Gasteiger partial charge on any atom is -0.464 e. The zero-order valence-corrected chi connectivity index (χ0v) is 13.1. The van der Waals surface area contributed by atoms with Gasteiger partial charge < -0.3 is 15.0 Å². The van der Waals surface area contributed by atoms with Crippen LogP contribution in [0.4, 0.5) is 0 Å². The number of esters is 1. The third-order valence-corrected chi connectivity index (χ3v) is 4.40. The molecule has 0 aliphatic carbocycles. The molecular weight excluding hydrogens is 270 g/mol. The molecule has 0 radical (unpaired) electrons. The lowest BCUT2D eigenvalue weighted by molar-refractivity contribution is -0.158. The van der Waals surface area contributed by atoms with Gasteiger partial charge in [0.25, 0.3) is 0 Å². The Morgan fingerprint density at radius 3 is 2.62 bits per heavy atom. The van der Waals surface area contributed by atoms with E-state index in [4.69, 9.17) is 4.74 Å². The number of rotatable bonds is 4. The van der Waals surface area contributed by atoms with Crippen LogP contribution in [0.1, 0.15) is 33.1 Å². The number of carbonyl (C=O) groups is 2. The Morgan fingerprint density at radius 2 is 1.95 bits per heavy atom. The molecule has 0 aromatic rings. The Balaban J connectivity index is 2.01. The first-order valence-electron chi connectivity index (χ1n) is 8.07. The molecule has 0 aromatic heterocycles. The van der Waals surface area contributed by atoms with Crippen LogP contribution in [0.2, 0.25) is 0 Å². The molecule has 2 unspecified atom stereocenters. The molecule has 2 aliphatic heterocycles. The van der Waals surface area contributed by atoms with Crippen molar-refractivity contribution in [2.45, 2.75) is 45.2 Å². The number of piperazine rings is 1. The van der Waals surface area contributed by atoms with Gasteiger partial charge in [0.05, 0.1) is 12.6 Å². The molecule has 0 bridgehead atoms. The van der Waals surface area contributed by atoms with E-state index in [1.807, 2.05) is 6.92 Å². The van der Waals surface area contributed by atoms with E-state index in [2.05, 4.69) is 10.2 Å². The van der Waals surface area contributed by atoms with Crippen molar-refractivity contribution in [2.75, 3.05) is 39.3 Å². The van der Waals surface area contributed by atoms with E-state index in [0.717, 1.165) is 45.4 Å². The normalized spacial score (nSPS) is 25.4. The number of nitrogens with zero attached hydrogens (tertiary/aromatic N) is 2. The molecule has 120 valence electrons. The molecule has 2 saturated heterocycles. The first kappa shape index (κ1) is 16.2. The summed E-state index contributed by atoms with van der Waals surface area (Å²) in [5.41, 5.74) is 0. The van der Waals surface area contributed by atoms with Crippen LogP contribution in [0.25, 0.3) is 0 Å².